The fourth-order valence-corrected chi connectivity index (χ4v) is 5.03. The van der Waals surface area contributed by atoms with E-state index in [0.29, 0.717) is 43.1 Å². The number of fused-ring (bicyclic) bond motifs is 1. The highest BCUT2D eigenvalue weighted by Crippen LogP contribution is 2.39. The minimum Gasteiger partial charge on any atom is -0.494 e. The second-order valence-electron chi connectivity index (χ2n) is 7.46. The lowest BCUT2D eigenvalue weighted by molar-refractivity contribution is 0.123. The number of amides is 2. The number of hydrogen-bond acceptors (Lipinski definition) is 7. The van der Waals surface area contributed by atoms with Crippen LogP contribution in [0.3, 0.4) is 0 Å². The largest absolute Gasteiger partial charge is 0.494 e. The topological polar surface area (TPSA) is 87.2 Å². The summed E-state index contributed by atoms with van der Waals surface area (Å²) in [5.41, 5.74) is 1.88. The molecule has 4 rings (SSSR count). The molecule has 158 valence electrons. The van der Waals surface area contributed by atoms with Crippen LogP contribution in [0.4, 0.5) is 15.6 Å². The lowest BCUT2D eigenvalue weighted by Crippen LogP contribution is -2.41. The third kappa shape index (κ3) is 4.41. The van der Waals surface area contributed by atoms with Crippen molar-refractivity contribution in [3.8, 4) is 5.75 Å². The number of aliphatic hydroxyl groups is 1. The van der Waals surface area contributed by atoms with Gasteiger partial charge in [0.05, 0.1) is 30.7 Å². The molecule has 0 saturated carbocycles. The highest BCUT2D eigenvalue weighted by atomic mass is 32.1. The Morgan fingerprint density at radius 3 is 2.76 bits per heavy atom. The molecule has 2 aliphatic heterocycles. The molecule has 2 aromatic rings. The number of nitrogens with zero attached hydrogens (tertiary/aromatic N) is 3. The number of piperidine rings is 1. The third-order valence-corrected chi connectivity index (χ3v) is 6.70. The highest BCUT2D eigenvalue weighted by Gasteiger charge is 2.24. The predicted molar refractivity (Wildman–Crippen MR) is 114 cm³/mol. The number of rotatable bonds is 5. The Morgan fingerprint density at radius 1 is 1.31 bits per heavy atom. The molecule has 0 radical (unpaired) electrons. The summed E-state index contributed by atoms with van der Waals surface area (Å²) in [5, 5.41) is 12.7. The SMILES string of the molecule is COc1ccc(N2CCOCC2)c2sc(NC(=O)N3CCC(CCO)CC3)nc12. The molecule has 3 heterocycles. The van der Waals surface area contributed by atoms with E-state index in [-0.39, 0.29) is 12.6 Å². The Balaban J connectivity index is 1.51. The van der Waals surface area contributed by atoms with Crippen LogP contribution in [0, 0.1) is 5.92 Å². The molecule has 2 saturated heterocycles. The van der Waals surface area contributed by atoms with Crippen LogP contribution in [0.1, 0.15) is 19.3 Å². The summed E-state index contributed by atoms with van der Waals surface area (Å²) in [7, 11) is 1.64. The van der Waals surface area contributed by atoms with Gasteiger partial charge in [0.1, 0.15) is 11.3 Å². The van der Waals surface area contributed by atoms with Crippen LogP contribution in [-0.2, 0) is 4.74 Å². The van der Waals surface area contributed by atoms with Crippen molar-refractivity contribution in [3.05, 3.63) is 12.1 Å². The Bertz CT molecular complexity index is 844. The number of hydrogen-bond donors (Lipinski definition) is 2. The number of morpholine rings is 1. The molecule has 8 nitrogen and oxygen atoms in total. The maximum Gasteiger partial charge on any atom is 0.323 e. The summed E-state index contributed by atoms with van der Waals surface area (Å²) in [6.07, 6.45) is 2.68. The first-order valence-electron chi connectivity index (χ1n) is 10.2. The molecule has 1 aromatic carbocycles. The summed E-state index contributed by atoms with van der Waals surface area (Å²) < 4.78 is 12.0. The van der Waals surface area contributed by atoms with Gasteiger partial charge in [-0.05, 0) is 37.3 Å². The maximum atomic E-state index is 12.7. The predicted octanol–water partition coefficient (Wildman–Crippen LogP) is 2.77. The van der Waals surface area contributed by atoms with E-state index in [9.17, 15) is 4.79 Å². The minimum atomic E-state index is -0.113. The molecular weight excluding hydrogens is 392 g/mol. The average Bonchev–Trinajstić information content (AvgIpc) is 3.18. The van der Waals surface area contributed by atoms with Gasteiger partial charge in [0.15, 0.2) is 5.13 Å². The number of carbonyl (C=O) groups excluding carboxylic acids is 1. The smallest absolute Gasteiger partial charge is 0.323 e. The molecule has 0 bridgehead atoms. The lowest BCUT2D eigenvalue weighted by Gasteiger charge is -2.31. The summed E-state index contributed by atoms with van der Waals surface area (Å²) in [5.74, 6) is 1.21. The second kappa shape index (κ2) is 9.15. The number of urea groups is 1. The molecule has 9 heteroatoms. The van der Waals surface area contributed by atoms with Gasteiger partial charge in [-0.3, -0.25) is 5.32 Å². The van der Waals surface area contributed by atoms with Gasteiger partial charge < -0.3 is 24.4 Å². The van der Waals surface area contributed by atoms with Crippen molar-refractivity contribution in [1.82, 2.24) is 9.88 Å². The first-order valence-corrected chi connectivity index (χ1v) is 11.0. The molecule has 2 aliphatic rings. The number of thiazole rings is 1. The average molecular weight is 421 g/mol. The van der Waals surface area contributed by atoms with Crippen molar-refractivity contribution in [2.45, 2.75) is 19.3 Å². The van der Waals surface area contributed by atoms with Gasteiger partial charge in [-0.1, -0.05) is 11.3 Å². The number of carbonyl (C=O) groups is 1. The Labute approximate surface area is 174 Å². The van der Waals surface area contributed by atoms with E-state index in [4.69, 9.17) is 14.6 Å². The van der Waals surface area contributed by atoms with Crippen LogP contribution in [0.15, 0.2) is 12.1 Å². The fraction of sp³-hybridized carbons (Fsp3) is 0.600. The summed E-state index contributed by atoms with van der Waals surface area (Å²) in [6, 6.07) is 3.88. The monoisotopic (exact) mass is 420 g/mol. The van der Waals surface area contributed by atoms with E-state index in [2.05, 4.69) is 21.3 Å². The van der Waals surface area contributed by atoms with Crippen LogP contribution >= 0.6 is 11.3 Å². The number of anilines is 2. The van der Waals surface area contributed by atoms with Gasteiger partial charge in [-0.2, -0.15) is 0 Å². The summed E-state index contributed by atoms with van der Waals surface area (Å²) in [4.78, 5) is 21.5. The molecule has 0 atom stereocenters. The van der Waals surface area contributed by atoms with Gasteiger partial charge >= 0.3 is 6.03 Å². The van der Waals surface area contributed by atoms with Crippen LogP contribution in [0.2, 0.25) is 0 Å². The normalized spacial score (nSPS) is 18.3. The Kier molecular flexibility index (Phi) is 6.37. The number of benzene rings is 1. The van der Waals surface area contributed by atoms with E-state index in [1.54, 1.807) is 7.11 Å². The van der Waals surface area contributed by atoms with E-state index in [0.717, 1.165) is 48.3 Å². The van der Waals surface area contributed by atoms with Crippen molar-refractivity contribution in [2.24, 2.45) is 5.92 Å². The van der Waals surface area contributed by atoms with Gasteiger partial charge in [0, 0.05) is 32.8 Å². The van der Waals surface area contributed by atoms with Crippen LogP contribution in [-0.4, -0.2) is 74.1 Å². The first kappa shape index (κ1) is 20.2. The van der Waals surface area contributed by atoms with Gasteiger partial charge in [-0.15, -0.1) is 0 Å². The van der Waals surface area contributed by atoms with Crippen molar-refractivity contribution in [3.63, 3.8) is 0 Å². The Morgan fingerprint density at radius 2 is 2.07 bits per heavy atom. The molecule has 29 heavy (non-hydrogen) atoms. The molecule has 2 N–H and O–H groups in total. The third-order valence-electron chi connectivity index (χ3n) is 5.71. The summed E-state index contributed by atoms with van der Waals surface area (Å²) >= 11 is 1.48. The van der Waals surface area contributed by atoms with Crippen molar-refractivity contribution >= 4 is 38.4 Å². The van der Waals surface area contributed by atoms with Gasteiger partial charge in [0.25, 0.3) is 0 Å². The van der Waals surface area contributed by atoms with E-state index >= 15 is 0 Å². The molecule has 0 unspecified atom stereocenters. The molecule has 1 aromatic heterocycles. The highest BCUT2D eigenvalue weighted by molar-refractivity contribution is 7.23. The lowest BCUT2D eigenvalue weighted by atomic mass is 9.94. The molecule has 2 amide bonds. The molecular formula is C20H28N4O4S. The first-order chi connectivity index (χ1) is 14.2. The number of methoxy groups -OCH3 is 1. The maximum absolute atomic E-state index is 12.7. The standard InChI is InChI=1S/C20H28N4O4S/c1-27-16-3-2-15(23-9-12-28-13-10-23)18-17(16)21-19(29-18)22-20(26)24-7-4-14(5-8-24)6-11-25/h2-3,14,25H,4-13H2,1H3,(H,21,22,26). The number of likely N-dealkylation sites (tertiary alicyclic amines) is 1. The molecule has 0 spiro atoms. The van der Waals surface area contributed by atoms with Crippen LogP contribution in [0.25, 0.3) is 10.2 Å². The van der Waals surface area contributed by atoms with E-state index in [1.807, 2.05) is 11.0 Å². The zero-order valence-corrected chi connectivity index (χ0v) is 17.5. The van der Waals surface area contributed by atoms with Gasteiger partial charge in [-0.25, -0.2) is 9.78 Å². The van der Waals surface area contributed by atoms with E-state index < -0.39 is 0 Å². The van der Waals surface area contributed by atoms with Crippen molar-refractivity contribution in [1.29, 1.82) is 0 Å². The fourth-order valence-electron chi connectivity index (χ4n) is 4.02. The summed E-state index contributed by atoms with van der Waals surface area (Å²) in [6.45, 7) is 4.74. The van der Waals surface area contributed by atoms with Crippen LogP contribution < -0.4 is 15.0 Å². The number of aromatic nitrogens is 1. The Hall–Kier alpha value is -2.10. The van der Waals surface area contributed by atoms with E-state index in [1.165, 1.54) is 11.3 Å². The number of ether oxygens (including phenoxy) is 2. The quantitative estimate of drug-likeness (QED) is 0.774. The zero-order valence-electron chi connectivity index (χ0n) is 16.7. The molecule has 2 fully saturated rings. The van der Waals surface area contributed by atoms with Gasteiger partial charge in [0.2, 0.25) is 0 Å². The van der Waals surface area contributed by atoms with Crippen molar-refractivity contribution < 1.29 is 19.4 Å². The number of nitrogens with one attached hydrogen (secondary N) is 1. The second-order valence-corrected chi connectivity index (χ2v) is 8.46. The number of aliphatic hydroxyl groups excluding tert-OH is 1. The molecule has 0 aliphatic carbocycles. The van der Waals surface area contributed by atoms with Crippen molar-refractivity contribution in [2.75, 3.05) is 63.3 Å². The minimum absolute atomic E-state index is 0.113. The van der Waals surface area contributed by atoms with Crippen LogP contribution in [0.5, 0.6) is 5.75 Å². The zero-order chi connectivity index (χ0) is 20.2.